The topological polar surface area (TPSA) is 86.8 Å². The Labute approximate surface area is 220 Å². The Hall–Kier alpha value is -3.65. The molecular weight excluding hydrogens is 486 g/mol. The molecule has 0 radical (unpaired) electrons. The summed E-state index contributed by atoms with van der Waals surface area (Å²) in [6.07, 6.45) is 0.388. The van der Waals surface area contributed by atoms with Gasteiger partial charge >= 0.3 is 0 Å². The van der Waals surface area contributed by atoms with E-state index in [1.54, 1.807) is 42.5 Å². The molecule has 3 rings (SSSR count). The lowest BCUT2D eigenvalue weighted by Crippen LogP contribution is -2.52. The molecule has 0 bridgehead atoms. The van der Waals surface area contributed by atoms with E-state index in [2.05, 4.69) is 5.32 Å². The van der Waals surface area contributed by atoms with E-state index in [1.807, 2.05) is 64.1 Å². The van der Waals surface area contributed by atoms with Crippen LogP contribution >= 0.6 is 0 Å². The van der Waals surface area contributed by atoms with Crippen LogP contribution in [-0.2, 0) is 26.2 Å². The number of amides is 2. The van der Waals surface area contributed by atoms with Crippen molar-refractivity contribution in [3.05, 3.63) is 95.6 Å². The van der Waals surface area contributed by atoms with Crippen molar-refractivity contribution in [1.82, 2.24) is 10.2 Å². The predicted molar refractivity (Wildman–Crippen MR) is 147 cm³/mol. The summed E-state index contributed by atoms with van der Waals surface area (Å²) in [5.74, 6) is -0.725. The molecule has 0 aliphatic carbocycles. The van der Waals surface area contributed by atoms with E-state index in [-0.39, 0.29) is 17.3 Å². The van der Waals surface area contributed by atoms with E-state index in [0.29, 0.717) is 18.7 Å². The molecule has 1 N–H and O–H groups in total. The van der Waals surface area contributed by atoms with Gasteiger partial charge in [-0.1, -0.05) is 67.1 Å². The Balaban J connectivity index is 2.05. The number of carbonyl (C=O) groups is 2. The lowest BCUT2D eigenvalue weighted by Gasteiger charge is -2.33. The van der Waals surface area contributed by atoms with E-state index in [4.69, 9.17) is 0 Å². The van der Waals surface area contributed by atoms with Crippen LogP contribution in [0.4, 0.5) is 5.69 Å². The van der Waals surface area contributed by atoms with Crippen LogP contribution in [-0.4, -0.2) is 44.3 Å². The second-order valence-electron chi connectivity index (χ2n) is 8.99. The minimum Gasteiger partial charge on any atom is -0.355 e. The highest BCUT2D eigenvalue weighted by atomic mass is 32.2. The first-order valence-electron chi connectivity index (χ1n) is 12.4. The highest BCUT2D eigenvalue weighted by Crippen LogP contribution is 2.26. The molecule has 0 saturated heterocycles. The number of likely N-dealkylation sites (N-methyl/N-ethyl adjacent to an activating group) is 1. The van der Waals surface area contributed by atoms with Crippen molar-refractivity contribution in [3.63, 3.8) is 0 Å². The van der Waals surface area contributed by atoms with Crippen molar-refractivity contribution in [1.29, 1.82) is 0 Å². The van der Waals surface area contributed by atoms with E-state index < -0.39 is 28.5 Å². The van der Waals surface area contributed by atoms with Gasteiger partial charge in [0.2, 0.25) is 11.8 Å². The first-order chi connectivity index (χ1) is 17.7. The molecule has 37 heavy (non-hydrogen) atoms. The lowest BCUT2D eigenvalue weighted by molar-refractivity contribution is -0.140. The highest BCUT2D eigenvalue weighted by Gasteiger charge is 2.33. The lowest BCUT2D eigenvalue weighted by atomic mass is 10.1. The quantitative estimate of drug-likeness (QED) is 0.404. The Morgan fingerprint density at radius 2 is 1.54 bits per heavy atom. The summed E-state index contributed by atoms with van der Waals surface area (Å²) in [5, 5.41) is 2.81. The summed E-state index contributed by atoms with van der Waals surface area (Å²) in [6, 6.07) is 22.2. The van der Waals surface area contributed by atoms with Crippen LogP contribution < -0.4 is 9.62 Å². The fraction of sp³-hybridized carbons (Fsp3) is 0.310. The Kier molecular flexibility index (Phi) is 9.47. The smallest absolute Gasteiger partial charge is 0.264 e. The van der Waals surface area contributed by atoms with E-state index in [1.165, 1.54) is 4.90 Å². The molecule has 3 aromatic carbocycles. The monoisotopic (exact) mass is 521 g/mol. The summed E-state index contributed by atoms with van der Waals surface area (Å²) in [5.41, 5.74) is 3.03. The number of nitrogens with one attached hydrogen (secondary N) is 1. The van der Waals surface area contributed by atoms with Gasteiger partial charge in [0.25, 0.3) is 10.0 Å². The summed E-state index contributed by atoms with van der Waals surface area (Å²) >= 11 is 0. The molecule has 0 aliphatic rings. The number of hydrogen-bond donors (Lipinski definition) is 1. The molecule has 1 unspecified atom stereocenters. The van der Waals surface area contributed by atoms with Gasteiger partial charge in [-0.3, -0.25) is 13.9 Å². The Bertz CT molecular complexity index is 1310. The number of sulfonamides is 1. The minimum atomic E-state index is -4.07. The van der Waals surface area contributed by atoms with Crippen molar-refractivity contribution in [3.8, 4) is 0 Å². The van der Waals surface area contributed by atoms with E-state index in [9.17, 15) is 18.0 Å². The summed E-state index contributed by atoms with van der Waals surface area (Å²) < 4.78 is 28.8. The second-order valence-corrected chi connectivity index (χ2v) is 10.9. The second kappa shape index (κ2) is 12.5. The number of aryl methyl sites for hydroxylation is 2. The molecule has 2 amide bonds. The highest BCUT2D eigenvalue weighted by molar-refractivity contribution is 7.92. The van der Waals surface area contributed by atoms with Crippen molar-refractivity contribution >= 4 is 27.5 Å². The van der Waals surface area contributed by atoms with Crippen LogP contribution in [0.15, 0.2) is 83.8 Å². The zero-order valence-electron chi connectivity index (χ0n) is 21.8. The molecule has 0 saturated carbocycles. The molecular formula is C29H35N3O4S. The maximum absolute atomic E-state index is 13.9. The predicted octanol–water partition coefficient (Wildman–Crippen LogP) is 4.44. The van der Waals surface area contributed by atoms with Gasteiger partial charge in [0.05, 0.1) is 10.6 Å². The first kappa shape index (κ1) is 27.9. The number of nitrogens with zero attached hydrogens (tertiary/aromatic N) is 2. The Morgan fingerprint density at radius 3 is 2.14 bits per heavy atom. The summed E-state index contributed by atoms with van der Waals surface area (Å²) in [6.45, 7) is 7.58. The van der Waals surface area contributed by atoms with Crippen LogP contribution in [0.2, 0.25) is 0 Å². The average Bonchev–Trinajstić information content (AvgIpc) is 2.88. The molecule has 3 aromatic rings. The third-order valence-electron chi connectivity index (χ3n) is 6.11. The zero-order chi connectivity index (χ0) is 27.0. The SMILES string of the molecule is CCNC(=O)C(CC)N(Cc1ccccc1)C(=O)CN(c1cccc(C)c1)S(=O)(=O)c1ccc(C)cc1. The van der Waals surface area contributed by atoms with Gasteiger partial charge < -0.3 is 10.2 Å². The number of carbonyl (C=O) groups excluding carboxylic acids is 2. The number of anilines is 1. The fourth-order valence-corrected chi connectivity index (χ4v) is 5.55. The van der Waals surface area contributed by atoms with Gasteiger partial charge in [-0.05, 0) is 62.6 Å². The van der Waals surface area contributed by atoms with Crippen molar-refractivity contribution in [2.45, 2.75) is 51.6 Å². The normalized spacial score (nSPS) is 12.0. The van der Waals surface area contributed by atoms with E-state index >= 15 is 0 Å². The molecule has 1 atom stereocenters. The van der Waals surface area contributed by atoms with Crippen LogP contribution in [0.1, 0.15) is 37.0 Å². The van der Waals surface area contributed by atoms with Crippen LogP contribution in [0.5, 0.6) is 0 Å². The van der Waals surface area contributed by atoms with Gasteiger partial charge in [-0.15, -0.1) is 0 Å². The molecule has 196 valence electrons. The van der Waals surface area contributed by atoms with Crippen molar-refractivity contribution in [2.24, 2.45) is 0 Å². The summed E-state index contributed by atoms with van der Waals surface area (Å²) in [4.78, 5) is 28.4. The third-order valence-corrected chi connectivity index (χ3v) is 7.90. The Morgan fingerprint density at radius 1 is 0.865 bits per heavy atom. The van der Waals surface area contributed by atoms with Gasteiger partial charge in [-0.25, -0.2) is 8.42 Å². The average molecular weight is 522 g/mol. The number of hydrogen-bond acceptors (Lipinski definition) is 4. The van der Waals surface area contributed by atoms with Crippen molar-refractivity contribution in [2.75, 3.05) is 17.4 Å². The molecule has 7 nitrogen and oxygen atoms in total. The molecule has 0 spiro atoms. The van der Waals surface area contributed by atoms with Gasteiger partial charge in [0.1, 0.15) is 12.6 Å². The third kappa shape index (κ3) is 6.98. The minimum absolute atomic E-state index is 0.0952. The molecule has 8 heteroatoms. The van der Waals surface area contributed by atoms with Crippen LogP contribution in [0, 0.1) is 13.8 Å². The van der Waals surface area contributed by atoms with Crippen LogP contribution in [0.25, 0.3) is 0 Å². The molecule has 0 aromatic heterocycles. The van der Waals surface area contributed by atoms with Gasteiger partial charge in [0.15, 0.2) is 0 Å². The number of benzene rings is 3. The number of rotatable bonds is 11. The molecule has 0 heterocycles. The van der Waals surface area contributed by atoms with E-state index in [0.717, 1.165) is 21.0 Å². The van der Waals surface area contributed by atoms with Gasteiger partial charge in [0, 0.05) is 13.1 Å². The first-order valence-corrected chi connectivity index (χ1v) is 13.9. The molecule has 0 fully saturated rings. The molecule has 0 aliphatic heterocycles. The maximum atomic E-state index is 13.9. The van der Waals surface area contributed by atoms with Gasteiger partial charge in [-0.2, -0.15) is 0 Å². The largest absolute Gasteiger partial charge is 0.355 e. The maximum Gasteiger partial charge on any atom is 0.264 e. The summed E-state index contributed by atoms with van der Waals surface area (Å²) in [7, 11) is -4.07. The zero-order valence-corrected chi connectivity index (χ0v) is 22.7. The fourth-order valence-electron chi connectivity index (χ4n) is 4.14. The standard InChI is InChI=1S/C29H35N3O4S/c1-5-27(29(34)30-6-2)31(20-24-12-8-7-9-13-24)28(33)21-32(25-14-10-11-23(4)19-25)37(35,36)26-17-15-22(3)16-18-26/h7-19,27H,5-6,20-21H2,1-4H3,(H,30,34). The van der Waals surface area contributed by atoms with Crippen LogP contribution in [0.3, 0.4) is 0 Å². The van der Waals surface area contributed by atoms with Crippen molar-refractivity contribution < 1.29 is 18.0 Å².